The van der Waals surface area contributed by atoms with Crippen LogP contribution in [-0.4, -0.2) is 49.3 Å². The lowest BCUT2D eigenvalue weighted by molar-refractivity contribution is 0.159. The number of nitriles is 1. The van der Waals surface area contributed by atoms with E-state index in [9.17, 15) is 5.11 Å². The fraction of sp³-hybridized carbons (Fsp3) is 0.500. The van der Waals surface area contributed by atoms with Gasteiger partial charge in [0.25, 0.3) is 0 Å². The van der Waals surface area contributed by atoms with Gasteiger partial charge in [0.05, 0.1) is 17.9 Å². The molecule has 0 aromatic heterocycles. The van der Waals surface area contributed by atoms with Crippen LogP contribution in [0.5, 0.6) is 0 Å². The van der Waals surface area contributed by atoms with E-state index in [1.807, 2.05) is 31.3 Å². The molecule has 0 radical (unpaired) electrons. The summed E-state index contributed by atoms with van der Waals surface area (Å²) in [5.41, 5.74) is 1.69. The molecule has 0 amide bonds. The Balaban J connectivity index is 2.24. The molecule has 1 atom stereocenters. The van der Waals surface area contributed by atoms with Gasteiger partial charge in [-0.3, -0.25) is 4.90 Å². The molecule has 4 nitrogen and oxygen atoms in total. The normalized spacial score (nSPS) is 21.4. The first kappa shape index (κ1) is 12.9. The summed E-state index contributed by atoms with van der Waals surface area (Å²) in [7, 11) is 2.04. The molecule has 1 aromatic rings. The van der Waals surface area contributed by atoms with Crippen LogP contribution in [0.3, 0.4) is 0 Å². The van der Waals surface area contributed by atoms with Crippen molar-refractivity contribution in [1.82, 2.24) is 4.90 Å². The lowest BCUT2D eigenvalue weighted by Gasteiger charge is -2.29. The minimum atomic E-state index is 0.138. The highest BCUT2D eigenvalue weighted by Gasteiger charge is 2.22. The summed E-state index contributed by atoms with van der Waals surface area (Å²) in [6.07, 6.45) is 1.05. The maximum absolute atomic E-state index is 9.44. The van der Waals surface area contributed by atoms with Crippen LogP contribution in [-0.2, 0) is 0 Å². The molecule has 18 heavy (non-hydrogen) atoms. The second kappa shape index (κ2) is 5.85. The number of aliphatic hydroxyl groups is 1. The Bertz CT molecular complexity index is 441. The number of para-hydroxylation sites is 1. The predicted octanol–water partition coefficient (Wildman–Crippen LogP) is 1.06. The van der Waals surface area contributed by atoms with Gasteiger partial charge in [-0.25, -0.2) is 0 Å². The number of likely N-dealkylation sites (N-methyl/N-ethyl adjacent to an activating group) is 1. The third kappa shape index (κ3) is 2.63. The van der Waals surface area contributed by atoms with E-state index in [0.29, 0.717) is 5.56 Å². The largest absolute Gasteiger partial charge is 0.395 e. The molecule has 1 saturated heterocycles. The number of hydrogen-bond donors (Lipinski definition) is 1. The van der Waals surface area contributed by atoms with Crippen LogP contribution in [0.4, 0.5) is 5.69 Å². The Morgan fingerprint density at radius 3 is 2.89 bits per heavy atom. The topological polar surface area (TPSA) is 50.5 Å². The van der Waals surface area contributed by atoms with Gasteiger partial charge < -0.3 is 10.0 Å². The average Bonchev–Trinajstić information content (AvgIpc) is 2.60. The Labute approximate surface area is 108 Å². The standard InChI is InChI=1S/C14H19N3O/c1-16-7-4-8-17(10-13(16)11-18)14-6-3-2-5-12(14)9-15/h2-3,5-6,13,18H,4,7-8,10-11H2,1H3. The summed E-state index contributed by atoms with van der Waals surface area (Å²) in [6, 6.07) is 10.0. The predicted molar refractivity (Wildman–Crippen MR) is 71.5 cm³/mol. The van der Waals surface area contributed by atoms with Gasteiger partial charge in [-0.15, -0.1) is 0 Å². The summed E-state index contributed by atoms with van der Waals surface area (Å²) < 4.78 is 0. The van der Waals surface area contributed by atoms with Gasteiger partial charge in [0.15, 0.2) is 0 Å². The number of rotatable bonds is 2. The molecule has 4 heteroatoms. The van der Waals surface area contributed by atoms with Crippen molar-refractivity contribution in [1.29, 1.82) is 5.26 Å². The van der Waals surface area contributed by atoms with Crippen LogP contribution < -0.4 is 4.90 Å². The number of aliphatic hydroxyl groups excluding tert-OH is 1. The van der Waals surface area contributed by atoms with E-state index in [0.717, 1.165) is 31.7 Å². The molecule has 0 aliphatic carbocycles. The Morgan fingerprint density at radius 1 is 1.39 bits per heavy atom. The third-order valence-electron chi connectivity index (χ3n) is 3.57. The van der Waals surface area contributed by atoms with Gasteiger partial charge in [-0.1, -0.05) is 12.1 Å². The molecular formula is C14H19N3O. The van der Waals surface area contributed by atoms with E-state index in [1.54, 1.807) is 0 Å². The van der Waals surface area contributed by atoms with Gasteiger partial charge in [0, 0.05) is 19.1 Å². The Hall–Kier alpha value is -1.57. The molecule has 0 saturated carbocycles. The zero-order chi connectivity index (χ0) is 13.0. The Morgan fingerprint density at radius 2 is 2.17 bits per heavy atom. The zero-order valence-corrected chi connectivity index (χ0v) is 10.7. The smallest absolute Gasteiger partial charge is 0.101 e. The van der Waals surface area contributed by atoms with E-state index >= 15 is 0 Å². The first-order valence-electron chi connectivity index (χ1n) is 6.31. The minimum Gasteiger partial charge on any atom is -0.395 e. The van der Waals surface area contributed by atoms with Crippen molar-refractivity contribution in [2.24, 2.45) is 0 Å². The van der Waals surface area contributed by atoms with Crippen LogP contribution >= 0.6 is 0 Å². The second-order valence-electron chi connectivity index (χ2n) is 4.75. The van der Waals surface area contributed by atoms with Gasteiger partial charge in [-0.2, -0.15) is 5.26 Å². The van der Waals surface area contributed by atoms with Crippen molar-refractivity contribution < 1.29 is 5.11 Å². The van der Waals surface area contributed by atoms with E-state index < -0.39 is 0 Å². The second-order valence-corrected chi connectivity index (χ2v) is 4.75. The molecular weight excluding hydrogens is 226 g/mol. The van der Waals surface area contributed by atoms with Crippen molar-refractivity contribution in [2.45, 2.75) is 12.5 Å². The van der Waals surface area contributed by atoms with Gasteiger partial charge >= 0.3 is 0 Å². The molecule has 1 aromatic carbocycles. The molecule has 96 valence electrons. The van der Waals surface area contributed by atoms with Crippen molar-refractivity contribution in [3.05, 3.63) is 29.8 Å². The maximum Gasteiger partial charge on any atom is 0.101 e. The first-order chi connectivity index (χ1) is 8.76. The number of nitrogens with zero attached hydrogens (tertiary/aromatic N) is 3. The third-order valence-corrected chi connectivity index (χ3v) is 3.57. The Kier molecular flexibility index (Phi) is 4.19. The fourth-order valence-corrected chi connectivity index (χ4v) is 2.44. The molecule has 1 aliphatic heterocycles. The summed E-state index contributed by atoms with van der Waals surface area (Å²) in [5.74, 6) is 0. The van der Waals surface area contributed by atoms with Crippen molar-refractivity contribution in [3.63, 3.8) is 0 Å². The molecule has 1 N–H and O–H groups in total. The van der Waals surface area contributed by atoms with E-state index in [1.165, 1.54) is 0 Å². The maximum atomic E-state index is 9.44. The molecule has 1 unspecified atom stereocenters. The molecule has 1 aliphatic rings. The summed E-state index contributed by atoms with van der Waals surface area (Å²) in [6.45, 7) is 2.84. The van der Waals surface area contributed by atoms with E-state index in [-0.39, 0.29) is 12.6 Å². The van der Waals surface area contributed by atoms with E-state index in [2.05, 4.69) is 15.9 Å². The quantitative estimate of drug-likeness (QED) is 0.846. The number of anilines is 1. The highest BCUT2D eigenvalue weighted by molar-refractivity contribution is 5.59. The molecule has 1 fully saturated rings. The van der Waals surface area contributed by atoms with Crippen LogP contribution in [0.1, 0.15) is 12.0 Å². The minimum absolute atomic E-state index is 0.138. The summed E-state index contributed by atoms with van der Waals surface area (Å²) in [4.78, 5) is 4.40. The van der Waals surface area contributed by atoms with Crippen LogP contribution in [0.15, 0.2) is 24.3 Å². The number of benzene rings is 1. The lowest BCUT2D eigenvalue weighted by atomic mass is 10.1. The molecule has 1 heterocycles. The van der Waals surface area contributed by atoms with Crippen LogP contribution in [0.2, 0.25) is 0 Å². The molecule has 0 bridgehead atoms. The first-order valence-corrected chi connectivity index (χ1v) is 6.31. The highest BCUT2D eigenvalue weighted by atomic mass is 16.3. The lowest BCUT2D eigenvalue weighted by Crippen LogP contribution is -2.41. The van der Waals surface area contributed by atoms with Crippen molar-refractivity contribution in [3.8, 4) is 6.07 Å². The average molecular weight is 245 g/mol. The summed E-state index contributed by atoms with van der Waals surface area (Å²) >= 11 is 0. The van der Waals surface area contributed by atoms with E-state index in [4.69, 9.17) is 5.26 Å². The van der Waals surface area contributed by atoms with Crippen molar-refractivity contribution >= 4 is 5.69 Å². The monoisotopic (exact) mass is 245 g/mol. The fourth-order valence-electron chi connectivity index (χ4n) is 2.44. The highest BCUT2D eigenvalue weighted by Crippen LogP contribution is 2.22. The van der Waals surface area contributed by atoms with Gasteiger partial charge in [-0.05, 0) is 32.1 Å². The van der Waals surface area contributed by atoms with Crippen LogP contribution in [0.25, 0.3) is 0 Å². The van der Waals surface area contributed by atoms with Gasteiger partial charge in [0.1, 0.15) is 6.07 Å². The number of hydrogen-bond acceptors (Lipinski definition) is 4. The SMILES string of the molecule is CN1CCCN(c2ccccc2C#N)CC1CO. The molecule has 0 spiro atoms. The molecule has 2 rings (SSSR count). The van der Waals surface area contributed by atoms with Crippen molar-refractivity contribution in [2.75, 3.05) is 38.2 Å². The summed E-state index contributed by atoms with van der Waals surface area (Å²) in [5, 5.41) is 18.6. The van der Waals surface area contributed by atoms with Gasteiger partial charge in [0.2, 0.25) is 0 Å². The van der Waals surface area contributed by atoms with Crippen LogP contribution in [0, 0.1) is 11.3 Å². The zero-order valence-electron chi connectivity index (χ0n) is 10.7.